The number of aromatic amines is 1. The van der Waals surface area contributed by atoms with E-state index in [4.69, 9.17) is 0 Å². The van der Waals surface area contributed by atoms with Crippen molar-refractivity contribution >= 4 is 16.7 Å². The maximum Gasteiger partial charge on any atom is 0.181 e. The van der Waals surface area contributed by atoms with Gasteiger partial charge in [-0.3, -0.25) is 14.6 Å². The first-order valence-electron chi connectivity index (χ1n) is 8.72. The van der Waals surface area contributed by atoms with E-state index in [1.165, 1.54) is 13.0 Å². The zero-order valence-corrected chi connectivity index (χ0v) is 14.0. The van der Waals surface area contributed by atoms with Crippen LogP contribution in [-0.4, -0.2) is 58.8 Å². The van der Waals surface area contributed by atoms with Crippen molar-refractivity contribution in [3.8, 4) is 0 Å². The summed E-state index contributed by atoms with van der Waals surface area (Å²) >= 11 is 0. The molecule has 0 amide bonds. The average molecular weight is 311 g/mol. The van der Waals surface area contributed by atoms with Crippen molar-refractivity contribution in [2.45, 2.75) is 32.4 Å². The lowest BCUT2D eigenvalue weighted by Gasteiger charge is -2.40. The van der Waals surface area contributed by atoms with Crippen molar-refractivity contribution in [2.75, 3.05) is 26.2 Å². The molecule has 3 atom stereocenters. The summed E-state index contributed by atoms with van der Waals surface area (Å²) in [7, 11) is 0. The third-order valence-electron chi connectivity index (χ3n) is 5.64. The summed E-state index contributed by atoms with van der Waals surface area (Å²) in [6.07, 6.45) is 3.14. The van der Waals surface area contributed by atoms with Crippen molar-refractivity contribution in [1.82, 2.24) is 14.8 Å². The second-order valence-electron chi connectivity index (χ2n) is 7.27. The molecule has 2 aliphatic heterocycles. The molecular formula is C19H25N3O. The third kappa shape index (κ3) is 2.60. The van der Waals surface area contributed by atoms with Crippen LogP contribution in [0.4, 0.5) is 0 Å². The van der Waals surface area contributed by atoms with Gasteiger partial charge in [-0.25, -0.2) is 0 Å². The topological polar surface area (TPSA) is 39.3 Å². The van der Waals surface area contributed by atoms with E-state index in [1.54, 1.807) is 0 Å². The number of nitrogens with zero attached hydrogens (tertiary/aromatic N) is 2. The molecule has 0 aliphatic carbocycles. The number of piperazine rings is 1. The molecule has 23 heavy (non-hydrogen) atoms. The van der Waals surface area contributed by atoms with E-state index >= 15 is 0 Å². The van der Waals surface area contributed by atoms with Crippen LogP contribution >= 0.6 is 0 Å². The minimum Gasteiger partial charge on any atom is -0.360 e. The molecule has 3 heterocycles. The molecule has 3 unspecified atom stereocenters. The van der Waals surface area contributed by atoms with Crippen LogP contribution in [-0.2, 0) is 0 Å². The molecule has 1 aromatic heterocycles. The minimum absolute atomic E-state index is 0.0488. The number of nitrogens with one attached hydrogen (secondary N) is 1. The average Bonchev–Trinajstić information content (AvgIpc) is 3.15. The van der Waals surface area contributed by atoms with Crippen molar-refractivity contribution in [2.24, 2.45) is 5.92 Å². The molecule has 2 fully saturated rings. The molecule has 0 saturated carbocycles. The van der Waals surface area contributed by atoms with Crippen LogP contribution in [0.5, 0.6) is 0 Å². The number of hydrogen-bond donors (Lipinski definition) is 1. The zero-order valence-electron chi connectivity index (χ0n) is 14.0. The number of H-pyrrole nitrogens is 1. The van der Waals surface area contributed by atoms with Gasteiger partial charge in [-0.2, -0.15) is 0 Å². The van der Waals surface area contributed by atoms with E-state index < -0.39 is 0 Å². The number of aromatic nitrogens is 1. The Labute approximate surface area is 137 Å². The highest BCUT2D eigenvalue weighted by Gasteiger charge is 2.37. The Balaban J connectivity index is 1.52. The van der Waals surface area contributed by atoms with E-state index in [0.29, 0.717) is 6.04 Å². The maximum atomic E-state index is 13.0. The normalized spacial score (nSPS) is 27.2. The van der Waals surface area contributed by atoms with Crippen molar-refractivity contribution in [3.05, 3.63) is 36.0 Å². The number of benzene rings is 1. The van der Waals surface area contributed by atoms with Crippen LogP contribution in [0.15, 0.2) is 30.5 Å². The van der Waals surface area contributed by atoms with Crippen molar-refractivity contribution in [1.29, 1.82) is 0 Å². The van der Waals surface area contributed by atoms with Gasteiger partial charge in [0.2, 0.25) is 0 Å². The van der Waals surface area contributed by atoms with Gasteiger partial charge in [0.1, 0.15) is 0 Å². The molecule has 2 aliphatic rings. The molecule has 2 saturated heterocycles. The van der Waals surface area contributed by atoms with Gasteiger partial charge in [-0.05, 0) is 25.3 Å². The summed E-state index contributed by atoms with van der Waals surface area (Å²) < 4.78 is 0. The van der Waals surface area contributed by atoms with Crippen LogP contribution in [0, 0.1) is 5.92 Å². The Hall–Kier alpha value is -1.65. The Bertz CT molecular complexity index is 722. The smallest absolute Gasteiger partial charge is 0.181 e. The predicted molar refractivity (Wildman–Crippen MR) is 92.8 cm³/mol. The minimum atomic E-state index is -0.0488. The van der Waals surface area contributed by atoms with Gasteiger partial charge in [0.05, 0.1) is 6.04 Å². The molecule has 2 aromatic rings. The summed E-state index contributed by atoms with van der Waals surface area (Å²) in [5.41, 5.74) is 1.87. The summed E-state index contributed by atoms with van der Waals surface area (Å²) in [4.78, 5) is 21.2. The highest BCUT2D eigenvalue weighted by molar-refractivity contribution is 6.10. The number of hydrogen-bond acceptors (Lipinski definition) is 3. The van der Waals surface area contributed by atoms with Gasteiger partial charge in [0, 0.05) is 54.9 Å². The van der Waals surface area contributed by atoms with Gasteiger partial charge in [0.15, 0.2) is 5.78 Å². The van der Waals surface area contributed by atoms with E-state index in [1.807, 2.05) is 30.5 Å². The molecule has 0 bridgehead atoms. The Morgan fingerprint density at radius 2 is 2.09 bits per heavy atom. The molecule has 1 aromatic carbocycles. The number of rotatable bonds is 3. The number of carbonyl (C=O) groups is 1. The van der Waals surface area contributed by atoms with Crippen molar-refractivity contribution < 1.29 is 4.79 Å². The van der Waals surface area contributed by atoms with Gasteiger partial charge in [-0.15, -0.1) is 0 Å². The zero-order chi connectivity index (χ0) is 16.0. The lowest BCUT2D eigenvalue weighted by Crippen LogP contribution is -2.54. The van der Waals surface area contributed by atoms with Crippen molar-refractivity contribution in [3.63, 3.8) is 0 Å². The monoisotopic (exact) mass is 311 g/mol. The Morgan fingerprint density at radius 1 is 1.26 bits per heavy atom. The molecule has 4 heteroatoms. The third-order valence-corrected chi connectivity index (χ3v) is 5.64. The molecule has 0 spiro atoms. The molecule has 1 N–H and O–H groups in total. The fraction of sp³-hybridized carbons (Fsp3) is 0.526. The number of Topliss-reactive ketones (excluding diaryl/α,β-unsaturated/α-hetero) is 1. The highest BCUT2D eigenvalue weighted by Crippen LogP contribution is 2.28. The van der Waals surface area contributed by atoms with E-state index in [2.05, 4.69) is 28.6 Å². The quantitative estimate of drug-likeness (QED) is 0.886. The summed E-state index contributed by atoms with van der Waals surface area (Å²) in [6, 6.07) is 8.63. The van der Waals surface area contributed by atoms with Crippen LogP contribution in [0.25, 0.3) is 10.9 Å². The second-order valence-corrected chi connectivity index (χ2v) is 7.27. The highest BCUT2D eigenvalue weighted by atomic mass is 16.1. The van der Waals surface area contributed by atoms with Crippen LogP contribution in [0.3, 0.4) is 0 Å². The van der Waals surface area contributed by atoms with E-state index in [-0.39, 0.29) is 11.8 Å². The number of carbonyl (C=O) groups excluding carboxylic acids is 1. The van der Waals surface area contributed by atoms with Gasteiger partial charge in [-0.1, -0.05) is 25.1 Å². The van der Waals surface area contributed by atoms with Gasteiger partial charge >= 0.3 is 0 Å². The maximum absolute atomic E-state index is 13.0. The van der Waals surface area contributed by atoms with E-state index in [9.17, 15) is 4.79 Å². The van der Waals surface area contributed by atoms with Gasteiger partial charge in [0.25, 0.3) is 0 Å². The number of para-hydroxylation sites is 1. The van der Waals surface area contributed by atoms with Crippen LogP contribution < -0.4 is 0 Å². The van der Waals surface area contributed by atoms with Crippen LogP contribution in [0.1, 0.15) is 30.6 Å². The van der Waals surface area contributed by atoms with E-state index in [0.717, 1.165) is 42.0 Å². The summed E-state index contributed by atoms with van der Waals surface area (Å²) in [5.74, 6) is 1.03. The first-order chi connectivity index (χ1) is 11.1. The van der Waals surface area contributed by atoms with Gasteiger partial charge < -0.3 is 4.98 Å². The lowest BCUT2D eigenvalue weighted by molar-refractivity contribution is 0.0602. The first-order valence-corrected chi connectivity index (χ1v) is 8.72. The summed E-state index contributed by atoms with van der Waals surface area (Å²) in [5, 5.41) is 1.04. The Morgan fingerprint density at radius 3 is 2.96 bits per heavy atom. The molecular weight excluding hydrogens is 286 g/mol. The lowest BCUT2D eigenvalue weighted by atomic mass is 10.0. The SMILES string of the molecule is CC1CC2CN(C(C)C(=O)c3c[nH]c4ccccc34)CCN2C1. The summed E-state index contributed by atoms with van der Waals surface area (Å²) in [6.45, 7) is 8.75. The van der Waals surface area contributed by atoms with Crippen LogP contribution in [0.2, 0.25) is 0 Å². The Kier molecular flexibility index (Phi) is 3.74. The molecule has 0 radical (unpaired) electrons. The standard InChI is InChI=1S/C19H25N3O/c1-13-9-15-12-21(7-8-22(15)11-13)14(2)19(23)17-10-20-18-6-4-3-5-16(17)18/h3-6,10,13-15,20H,7-9,11-12H2,1-2H3. The predicted octanol–water partition coefficient (Wildman–Crippen LogP) is 2.77. The molecule has 122 valence electrons. The first kappa shape index (κ1) is 14.9. The molecule has 4 nitrogen and oxygen atoms in total. The second kappa shape index (κ2) is 5.77. The fourth-order valence-electron chi connectivity index (χ4n) is 4.34. The fourth-order valence-corrected chi connectivity index (χ4v) is 4.34. The molecule has 4 rings (SSSR count). The number of fused-ring (bicyclic) bond motifs is 2. The largest absolute Gasteiger partial charge is 0.360 e. The number of ketones is 1.